The van der Waals surface area contributed by atoms with Gasteiger partial charge in [0.25, 0.3) is 5.91 Å². The van der Waals surface area contributed by atoms with Gasteiger partial charge in [-0.05, 0) is 36.4 Å². The van der Waals surface area contributed by atoms with Crippen LogP contribution in [0.3, 0.4) is 0 Å². The van der Waals surface area contributed by atoms with E-state index in [-0.39, 0.29) is 17.7 Å². The second-order valence-electron chi connectivity index (χ2n) is 5.66. The number of nitrogens with zero attached hydrogens (tertiary/aromatic N) is 1. The number of rotatable bonds is 6. The molecular formula is C17H21N3O2S. The number of aryl methyl sites for hydroxylation is 1. The Morgan fingerprint density at radius 2 is 2.00 bits per heavy atom. The van der Waals surface area contributed by atoms with Gasteiger partial charge in [0.2, 0.25) is 5.91 Å². The Morgan fingerprint density at radius 1 is 1.22 bits per heavy atom. The first-order valence-corrected chi connectivity index (χ1v) is 8.40. The molecule has 0 saturated heterocycles. The summed E-state index contributed by atoms with van der Waals surface area (Å²) in [5, 5.41) is 7.49. The minimum atomic E-state index is -0.575. The first kappa shape index (κ1) is 17.1. The maximum Gasteiger partial charge on any atom is 0.262 e. The van der Waals surface area contributed by atoms with Crippen LogP contribution in [0.2, 0.25) is 0 Å². The van der Waals surface area contributed by atoms with E-state index in [0.29, 0.717) is 11.4 Å². The first-order chi connectivity index (χ1) is 11.0. The van der Waals surface area contributed by atoms with Crippen LogP contribution >= 0.6 is 11.3 Å². The van der Waals surface area contributed by atoms with Crippen molar-refractivity contribution in [3.05, 3.63) is 52.0 Å². The van der Waals surface area contributed by atoms with Gasteiger partial charge in [-0.15, -0.1) is 11.3 Å². The fourth-order valence-corrected chi connectivity index (χ4v) is 2.77. The van der Waals surface area contributed by atoms with E-state index in [9.17, 15) is 9.59 Å². The van der Waals surface area contributed by atoms with Crippen molar-refractivity contribution in [2.75, 3.05) is 0 Å². The molecule has 0 saturated carbocycles. The van der Waals surface area contributed by atoms with Crippen LogP contribution in [-0.2, 0) is 11.3 Å². The third-order valence-electron chi connectivity index (χ3n) is 3.37. The van der Waals surface area contributed by atoms with Gasteiger partial charge in [0.05, 0.1) is 17.1 Å². The van der Waals surface area contributed by atoms with Crippen LogP contribution in [0.25, 0.3) is 0 Å². The van der Waals surface area contributed by atoms with Crippen LogP contribution in [0.4, 0.5) is 0 Å². The normalized spacial score (nSPS) is 12.0. The van der Waals surface area contributed by atoms with Crippen LogP contribution in [0.1, 0.15) is 34.9 Å². The van der Waals surface area contributed by atoms with Crippen molar-refractivity contribution in [2.24, 2.45) is 5.92 Å². The van der Waals surface area contributed by atoms with E-state index in [1.54, 1.807) is 6.07 Å². The Kier molecular flexibility index (Phi) is 5.87. The second kappa shape index (κ2) is 7.87. The molecule has 1 atom stereocenters. The molecule has 0 aliphatic rings. The zero-order chi connectivity index (χ0) is 16.8. The molecule has 6 heteroatoms. The van der Waals surface area contributed by atoms with Crippen molar-refractivity contribution in [1.82, 2.24) is 15.6 Å². The van der Waals surface area contributed by atoms with Gasteiger partial charge < -0.3 is 10.6 Å². The summed E-state index contributed by atoms with van der Waals surface area (Å²) in [6, 6.07) is 8.65. The van der Waals surface area contributed by atoms with Crippen molar-refractivity contribution in [2.45, 2.75) is 33.4 Å². The molecule has 2 amide bonds. The molecule has 0 fully saturated rings. The van der Waals surface area contributed by atoms with Crippen molar-refractivity contribution >= 4 is 23.2 Å². The SMILES string of the molecule is Cc1cccc(CNC(=O)C(NC(=O)c2cccs2)C(C)C)n1. The van der Waals surface area contributed by atoms with Crippen LogP contribution in [-0.4, -0.2) is 22.8 Å². The standard InChI is InChI=1S/C17H21N3O2S/c1-11(2)15(20-16(21)14-8-5-9-23-14)17(22)18-10-13-7-4-6-12(3)19-13/h4-9,11,15H,10H2,1-3H3,(H,18,22)(H,20,21). The summed E-state index contributed by atoms with van der Waals surface area (Å²) in [5.41, 5.74) is 1.70. The number of nitrogens with one attached hydrogen (secondary N) is 2. The van der Waals surface area contributed by atoms with E-state index in [0.717, 1.165) is 11.4 Å². The summed E-state index contributed by atoms with van der Waals surface area (Å²) in [6.45, 7) is 6.07. The van der Waals surface area contributed by atoms with E-state index < -0.39 is 6.04 Å². The van der Waals surface area contributed by atoms with Crippen molar-refractivity contribution in [1.29, 1.82) is 0 Å². The molecule has 2 N–H and O–H groups in total. The van der Waals surface area contributed by atoms with Crippen molar-refractivity contribution in [3.8, 4) is 0 Å². The van der Waals surface area contributed by atoms with Gasteiger partial charge in [-0.25, -0.2) is 0 Å². The zero-order valence-corrected chi connectivity index (χ0v) is 14.3. The lowest BCUT2D eigenvalue weighted by molar-refractivity contribution is -0.124. The Morgan fingerprint density at radius 3 is 2.61 bits per heavy atom. The second-order valence-corrected chi connectivity index (χ2v) is 6.61. The monoisotopic (exact) mass is 331 g/mol. The fourth-order valence-electron chi connectivity index (χ4n) is 2.14. The molecule has 5 nitrogen and oxygen atoms in total. The highest BCUT2D eigenvalue weighted by atomic mass is 32.1. The number of carbonyl (C=O) groups excluding carboxylic acids is 2. The number of hydrogen-bond acceptors (Lipinski definition) is 4. The summed E-state index contributed by atoms with van der Waals surface area (Å²) < 4.78 is 0. The Bertz CT molecular complexity index is 668. The van der Waals surface area contributed by atoms with Gasteiger partial charge in [0.1, 0.15) is 6.04 Å². The lowest BCUT2D eigenvalue weighted by Crippen LogP contribution is -2.49. The molecule has 0 radical (unpaired) electrons. The molecule has 2 rings (SSSR count). The van der Waals surface area contributed by atoms with Crippen molar-refractivity contribution in [3.63, 3.8) is 0 Å². The Labute approximate surface area is 140 Å². The average Bonchev–Trinajstić information content (AvgIpc) is 3.04. The molecule has 122 valence electrons. The fraction of sp³-hybridized carbons (Fsp3) is 0.353. The number of carbonyl (C=O) groups is 2. The molecule has 2 heterocycles. The number of aromatic nitrogens is 1. The van der Waals surface area contributed by atoms with Gasteiger partial charge in [0.15, 0.2) is 0 Å². The van der Waals surface area contributed by atoms with E-state index >= 15 is 0 Å². The highest BCUT2D eigenvalue weighted by Crippen LogP contribution is 2.10. The summed E-state index contributed by atoms with van der Waals surface area (Å²) in [7, 11) is 0. The van der Waals surface area contributed by atoms with E-state index in [2.05, 4.69) is 15.6 Å². The molecular weight excluding hydrogens is 310 g/mol. The maximum atomic E-state index is 12.4. The van der Waals surface area contributed by atoms with Gasteiger partial charge in [-0.2, -0.15) is 0 Å². The third kappa shape index (κ3) is 4.89. The van der Waals surface area contributed by atoms with Crippen molar-refractivity contribution < 1.29 is 9.59 Å². The molecule has 23 heavy (non-hydrogen) atoms. The van der Waals surface area contributed by atoms with E-state index in [1.807, 2.05) is 50.4 Å². The topological polar surface area (TPSA) is 71.1 Å². The molecule has 0 bridgehead atoms. The molecule has 2 aromatic rings. The predicted octanol–water partition coefficient (Wildman–Crippen LogP) is 2.52. The lowest BCUT2D eigenvalue weighted by atomic mass is 10.0. The van der Waals surface area contributed by atoms with Gasteiger partial charge in [-0.3, -0.25) is 14.6 Å². The van der Waals surface area contributed by atoms with Crippen LogP contribution in [0.5, 0.6) is 0 Å². The van der Waals surface area contributed by atoms with E-state index in [1.165, 1.54) is 11.3 Å². The Hall–Kier alpha value is -2.21. The number of pyridine rings is 1. The summed E-state index contributed by atoms with van der Waals surface area (Å²) in [4.78, 5) is 29.5. The van der Waals surface area contributed by atoms with Gasteiger partial charge in [0, 0.05) is 5.69 Å². The molecule has 0 spiro atoms. The average molecular weight is 331 g/mol. The molecule has 1 unspecified atom stereocenters. The minimum Gasteiger partial charge on any atom is -0.349 e. The maximum absolute atomic E-state index is 12.4. The summed E-state index contributed by atoms with van der Waals surface area (Å²) >= 11 is 1.35. The molecule has 0 aliphatic carbocycles. The molecule has 2 aromatic heterocycles. The first-order valence-electron chi connectivity index (χ1n) is 7.52. The number of hydrogen-bond donors (Lipinski definition) is 2. The van der Waals surface area contributed by atoms with Gasteiger partial charge in [-0.1, -0.05) is 26.0 Å². The lowest BCUT2D eigenvalue weighted by Gasteiger charge is -2.21. The van der Waals surface area contributed by atoms with Gasteiger partial charge >= 0.3 is 0 Å². The highest BCUT2D eigenvalue weighted by Gasteiger charge is 2.24. The number of thiophene rings is 1. The number of amides is 2. The van der Waals surface area contributed by atoms with E-state index in [4.69, 9.17) is 0 Å². The summed E-state index contributed by atoms with van der Waals surface area (Å²) in [5.74, 6) is -0.430. The zero-order valence-electron chi connectivity index (χ0n) is 13.5. The van der Waals surface area contributed by atoms with Crippen LogP contribution in [0.15, 0.2) is 35.7 Å². The largest absolute Gasteiger partial charge is 0.349 e. The smallest absolute Gasteiger partial charge is 0.262 e. The quantitative estimate of drug-likeness (QED) is 0.854. The minimum absolute atomic E-state index is 0.00983. The predicted molar refractivity (Wildman–Crippen MR) is 91.2 cm³/mol. The van der Waals surface area contributed by atoms with Crippen LogP contribution < -0.4 is 10.6 Å². The van der Waals surface area contributed by atoms with Crippen LogP contribution in [0, 0.1) is 12.8 Å². The molecule has 0 aromatic carbocycles. The summed E-state index contributed by atoms with van der Waals surface area (Å²) in [6.07, 6.45) is 0. The molecule has 0 aliphatic heterocycles. The Balaban J connectivity index is 1.97. The highest BCUT2D eigenvalue weighted by molar-refractivity contribution is 7.12. The third-order valence-corrected chi connectivity index (χ3v) is 4.24.